The lowest BCUT2D eigenvalue weighted by molar-refractivity contribution is -0.111. The summed E-state index contributed by atoms with van der Waals surface area (Å²) in [7, 11) is 1.57. The summed E-state index contributed by atoms with van der Waals surface area (Å²) in [5, 5.41) is 2.78. The number of methoxy groups -OCH3 is 1. The first-order valence-electron chi connectivity index (χ1n) is 6.16. The summed E-state index contributed by atoms with van der Waals surface area (Å²) >= 11 is 5.76. The maximum Gasteiger partial charge on any atom is 0.248 e. The minimum Gasteiger partial charge on any atom is -0.497 e. The molecule has 0 heterocycles. The number of carbonyl (C=O) groups excluding carboxylic acids is 1. The van der Waals surface area contributed by atoms with Gasteiger partial charge < -0.3 is 10.1 Å². The summed E-state index contributed by atoms with van der Waals surface area (Å²) in [6, 6.07) is 11.2. The molecule has 0 aromatic heterocycles. The molecular weight excluding hydrogens is 293 g/mol. The molecule has 1 amide bonds. The fraction of sp³-hybridized carbons (Fsp3) is 0.0625. The third-order valence-electron chi connectivity index (χ3n) is 2.71. The Morgan fingerprint density at radius 3 is 2.86 bits per heavy atom. The van der Waals surface area contributed by atoms with E-state index < -0.39 is 11.7 Å². The number of amides is 1. The first-order chi connectivity index (χ1) is 10.1. The Labute approximate surface area is 127 Å². The molecule has 108 valence electrons. The van der Waals surface area contributed by atoms with Crippen LogP contribution in [0.3, 0.4) is 0 Å². The molecule has 1 N–H and O–H groups in total. The van der Waals surface area contributed by atoms with Crippen molar-refractivity contribution in [3.05, 3.63) is 64.9 Å². The van der Waals surface area contributed by atoms with Crippen LogP contribution in [0, 0.1) is 5.82 Å². The highest BCUT2D eigenvalue weighted by molar-refractivity contribution is 6.30. The van der Waals surface area contributed by atoms with Gasteiger partial charge in [0.15, 0.2) is 0 Å². The lowest BCUT2D eigenvalue weighted by Crippen LogP contribution is -2.09. The summed E-state index contributed by atoms with van der Waals surface area (Å²) < 4.78 is 18.6. The largest absolute Gasteiger partial charge is 0.497 e. The second-order valence-corrected chi connectivity index (χ2v) is 4.66. The van der Waals surface area contributed by atoms with Crippen molar-refractivity contribution in [2.45, 2.75) is 0 Å². The standard InChI is InChI=1S/C16H13ClFNO2/c1-21-13-4-2-3-11(9-13)5-8-16(20)19-15-10-12(17)6-7-14(15)18/h2-10H,1H3,(H,19,20)/b8-5+. The molecule has 0 atom stereocenters. The van der Waals surface area contributed by atoms with Gasteiger partial charge in [-0.3, -0.25) is 4.79 Å². The molecule has 21 heavy (non-hydrogen) atoms. The van der Waals surface area contributed by atoms with Gasteiger partial charge in [0.1, 0.15) is 11.6 Å². The number of nitrogens with one attached hydrogen (secondary N) is 1. The SMILES string of the molecule is COc1cccc(/C=C/C(=O)Nc2cc(Cl)ccc2F)c1. The summed E-state index contributed by atoms with van der Waals surface area (Å²) in [5.74, 6) is -0.292. The predicted molar refractivity (Wildman–Crippen MR) is 82.1 cm³/mol. The number of benzene rings is 2. The van der Waals surface area contributed by atoms with Crippen LogP contribution in [0.15, 0.2) is 48.5 Å². The number of halogens is 2. The van der Waals surface area contributed by atoms with E-state index in [0.717, 1.165) is 5.56 Å². The number of ether oxygens (including phenoxy) is 1. The van der Waals surface area contributed by atoms with Crippen molar-refractivity contribution >= 4 is 29.3 Å². The van der Waals surface area contributed by atoms with Crippen molar-refractivity contribution in [3.63, 3.8) is 0 Å². The van der Waals surface area contributed by atoms with Gasteiger partial charge in [-0.25, -0.2) is 4.39 Å². The number of anilines is 1. The molecule has 0 aliphatic heterocycles. The Kier molecular flexibility index (Phi) is 4.95. The second-order valence-electron chi connectivity index (χ2n) is 4.22. The van der Waals surface area contributed by atoms with Crippen LogP contribution in [0.5, 0.6) is 5.75 Å². The molecule has 0 unspecified atom stereocenters. The van der Waals surface area contributed by atoms with Crippen LogP contribution in [0.4, 0.5) is 10.1 Å². The van der Waals surface area contributed by atoms with Crippen LogP contribution in [0.1, 0.15) is 5.56 Å². The summed E-state index contributed by atoms with van der Waals surface area (Å²) in [6.07, 6.45) is 2.93. The van der Waals surface area contributed by atoms with Crippen LogP contribution in [-0.4, -0.2) is 13.0 Å². The van der Waals surface area contributed by atoms with Gasteiger partial charge >= 0.3 is 0 Å². The normalized spacial score (nSPS) is 10.6. The summed E-state index contributed by atoms with van der Waals surface area (Å²) in [5.41, 5.74) is 0.846. The van der Waals surface area contributed by atoms with E-state index in [0.29, 0.717) is 10.8 Å². The quantitative estimate of drug-likeness (QED) is 0.862. The smallest absolute Gasteiger partial charge is 0.248 e. The highest BCUT2D eigenvalue weighted by Gasteiger charge is 2.05. The van der Waals surface area contributed by atoms with E-state index in [4.69, 9.17) is 16.3 Å². The van der Waals surface area contributed by atoms with Gasteiger partial charge in [0, 0.05) is 11.1 Å². The zero-order chi connectivity index (χ0) is 15.2. The molecule has 0 saturated carbocycles. The van der Waals surface area contributed by atoms with Crippen molar-refractivity contribution < 1.29 is 13.9 Å². The van der Waals surface area contributed by atoms with Crippen LogP contribution in [0.2, 0.25) is 5.02 Å². The van der Waals surface area contributed by atoms with E-state index in [1.807, 2.05) is 12.1 Å². The van der Waals surface area contributed by atoms with Gasteiger partial charge in [-0.1, -0.05) is 23.7 Å². The van der Waals surface area contributed by atoms with Crippen molar-refractivity contribution in [2.24, 2.45) is 0 Å². The van der Waals surface area contributed by atoms with Crippen molar-refractivity contribution in [2.75, 3.05) is 12.4 Å². The minimum absolute atomic E-state index is 0.0443. The zero-order valence-corrected chi connectivity index (χ0v) is 12.0. The Hall–Kier alpha value is -2.33. The summed E-state index contributed by atoms with van der Waals surface area (Å²) in [4.78, 5) is 11.8. The van der Waals surface area contributed by atoms with Crippen LogP contribution >= 0.6 is 11.6 Å². The van der Waals surface area contributed by atoms with E-state index in [1.165, 1.54) is 24.3 Å². The van der Waals surface area contributed by atoms with Gasteiger partial charge in [-0.05, 0) is 42.0 Å². The maximum absolute atomic E-state index is 13.5. The molecule has 0 radical (unpaired) electrons. The van der Waals surface area contributed by atoms with Gasteiger partial charge in [-0.15, -0.1) is 0 Å². The fourth-order valence-corrected chi connectivity index (χ4v) is 1.86. The maximum atomic E-state index is 13.5. The molecule has 0 saturated heterocycles. The average Bonchev–Trinajstić information content (AvgIpc) is 2.49. The molecule has 2 rings (SSSR count). The van der Waals surface area contributed by atoms with Crippen LogP contribution in [0.25, 0.3) is 6.08 Å². The van der Waals surface area contributed by atoms with Crippen LogP contribution in [-0.2, 0) is 4.79 Å². The van der Waals surface area contributed by atoms with E-state index in [2.05, 4.69) is 5.32 Å². The number of carbonyl (C=O) groups is 1. The summed E-state index contributed by atoms with van der Waals surface area (Å²) in [6.45, 7) is 0. The van der Waals surface area contributed by atoms with Gasteiger partial charge in [-0.2, -0.15) is 0 Å². The monoisotopic (exact) mass is 305 g/mol. The molecule has 3 nitrogen and oxygen atoms in total. The lowest BCUT2D eigenvalue weighted by Gasteiger charge is -2.04. The van der Waals surface area contributed by atoms with E-state index in [9.17, 15) is 9.18 Å². The van der Waals surface area contributed by atoms with Crippen molar-refractivity contribution in [1.82, 2.24) is 0 Å². The Bertz CT molecular complexity index is 686. The molecule has 2 aromatic rings. The van der Waals surface area contributed by atoms with E-state index in [1.54, 1.807) is 25.3 Å². The molecule has 0 spiro atoms. The third kappa shape index (κ3) is 4.33. The molecule has 0 fully saturated rings. The highest BCUT2D eigenvalue weighted by atomic mass is 35.5. The average molecular weight is 306 g/mol. The van der Waals surface area contributed by atoms with Gasteiger partial charge in [0.25, 0.3) is 0 Å². The third-order valence-corrected chi connectivity index (χ3v) is 2.94. The Morgan fingerprint density at radius 1 is 1.29 bits per heavy atom. The zero-order valence-electron chi connectivity index (χ0n) is 11.3. The van der Waals surface area contributed by atoms with E-state index in [-0.39, 0.29) is 5.69 Å². The Balaban J connectivity index is 2.07. The first-order valence-corrected chi connectivity index (χ1v) is 6.54. The lowest BCUT2D eigenvalue weighted by atomic mass is 10.2. The molecule has 0 bridgehead atoms. The highest BCUT2D eigenvalue weighted by Crippen LogP contribution is 2.19. The number of rotatable bonds is 4. The molecule has 2 aromatic carbocycles. The number of hydrogen-bond donors (Lipinski definition) is 1. The Morgan fingerprint density at radius 2 is 2.10 bits per heavy atom. The molecule has 0 aliphatic carbocycles. The van der Waals surface area contributed by atoms with Gasteiger partial charge in [0.2, 0.25) is 5.91 Å². The van der Waals surface area contributed by atoms with Crippen molar-refractivity contribution in [1.29, 1.82) is 0 Å². The number of hydrogen-bond acceptors (Lipinski definition) is 2. The molecule has 5 heteroatoms. The molecule has 0 aliphatic rings. The second kappa shape index (κ2) is 6.90. The first kappa shape index (κ1) is 15.1. The topological polar surface area (TPSA) is 38.3 Å². The predicted octanol–water partition coefficient (Wildman–Crippen LogP) is 4.14. The van der Waals surface area contributed by atoms with Gasteiger partial charge in [0.05, 0.1) is 12.8 Å². The molecular formula is C16H13ClFNO2. The van der Waals surface area contributed by atoms with E-state index >= 15 is 0 Å². The van der Waals surface area contributed by atoms with Crippen LogP contribution < -0.4 is 10.1 Å². The fourth-order valence-electron chi connectivity index (χ4n) is 1.68. The van der Waals surface area contributed by atoms with Crippen molar-refractivity contribution in [3.8, 4) is 5.75 Å². The minimum atomic E-state index is -0.539.